The van der Waals surface area contributed by atoms with E-state index in [4.69, 9.17) is 0 Å². The van der Waals surface area contributed by atoms with Crippen LogP contribution in [0, 0.1) is 0 Å². The van der Waals surface area contributed by atoms with Gasteiger partial charge in [-0.05, 0) is 59.0 Å². The number of nitrogens with zero attached hydrogens (tertiary/aromatic N) is 1. The predicted molar refractivity (Wildman–Crippen MR) is 71.7 cm³/mol. The molecule has 2 fully saturated rings. The van der Waals surface area contributed by atoms with Crippen molar-refractivity contribution in [1.29, 1.82) is 0 Å². The van der Waals surface area contributed by atoms with Crippen molar-refractivity contribution < 1.29 is 9.90 Å². The molecule has 1 aliphatic carbocycles. The largest absolute Gasteiger partial charge is 0.480 e. The third-order valence-corrected chi connectivity index (χ3v) is 4.37. The van der Waals surface area contributed by atoms with Gasteiger partial charge in [0.15, 0.2) is 0 Å². The maximum atomic E-state index is 11.6. The summed E-state index contributed by atoms with van der Waals surface area (Å²) in [7, 11) is 0. The van der Waals surface area contributed by atoms with Crippen molar-refractivity contribution in [2.24, 2.45) is 0 Å². The second-order valence-electron chi connectivity index (χ2n) is 6.18. The van der Waals surface area contributed by atoms with Crippen LogP contribution in [-0.4, -0.2) is 46.7 Å². The lowest BCUT2D eigenvalue weighted by atomic mass is 9.96. The quantitative estimate of drug-likeness (QED) is 0.804. The Bertz CT molecular complexity index is 300. The number of carbonyl (C=O) groups is 1. The average Bonchev–Trinajstić information content (AvgIpc) is 2.75. The van der Waals surface area contributed by atoms with Crippen molar-refractivity contribution in [3.05, 3.63) is 0 Å². The van der Waals surface area contributed by atoms with Crippen LogP contribution in [0.2, 0.25) is 0 Å². The zero-order valence-corrected chi connectivity index (χ0v) is 11.6. The van der Waals surface area contributed by atoms with E-state index < -0.39 is 11.5 Å². The topological polar surface area (TPSA) is 52.6 Å². The maximum Gasteiger partial charge on any atom is 0.323 e. The van der Waals surface area contributed by atoms with Crippen LogP contribution in [0.5, 0.6) is 0 Å². The molecule has 1 heterocycles. The van der Waals surface area contributed by atoms with Crippen LogP contribution in [0.4, 0.5) is 0 Å². The van der Waals surface area contributed by atoms with E-state index >= 15 is 0 Å². The lowest BCUT2D eigenvalue weighted by molar-refractivity contribution is -0.145. The average molecular weight is 254 g/mol. The summed E-state index contributed by atoms with van der Waals surface area (Å²) in [5.41, 5.74) is -0.684. The number of aliphatic carboxylic acids is 1. The van der Waals surface area contributed by atoms with Gasteiger partial charge in [-0.2, -0.15) is 0 Å². The first kappa shape index (κ1) is 13.8. The Morgan fingerprint density at radius 3 is 2.56 bits per heavy atom. The van der Waals surface area contributed by atoms with Crippen LogP contribution in [0.25, 0.3) is 0 Å². The van der Waals surface area contributed by atoms with Crippen LogP contribution in [0.1, 0.15) is 52.4 Å². The van der Waals surface area contributed by atoms with Crippen molar-refractivity contribution in [3.63, 3.8) is 0 Å². The number of hydrogen-bond donors (Lipinski definition) is 2. The third kappa shape index (κ3) is 2.86. The summed E-state index contributed by atoms with van der Waals surface area (Å²) in [5.74, 6) is -0.671. The predicted octanol–water partition coefficient (Wildman–Crippen LogP) is 1.85. The molecule has 2 rings (SSSR count). The van der Waals surface area contributed by atoms with E-state index in [1.54, 1.807) is 0 Å². The van der Waals surface area contributed by atoms with E-state index in [-0.39, 0.29) is 6.04 Å². The maximum absolute atomic E-state index is 11.6. The molecule has 1 saturated carbocycles. The fourth-order valence-electron chi connectivity index (χ4n) is 3.55. The summed E-state index contributed by atoms with van der Waals surface area (Å²) in [5, 5.41) is 12.8. The lowest BCUT2D eigenvalue weighted by Crippen LogP contribution is -2.54. The molecule has 2 atom stereocenters. The molecule has 0 spiro atoms. The van der Waals surface area contributed by atoms with Gasteiger partial charge in [0.2, 0.25) is 0 Å². The highest BCUT2D eigenvalue weighted by molar-refractivity contribution is 5.79. The van der Waals surface area contributed by atoms with E-state index in [9.17, 15) is 9.90 Å². The van der Waals surface area contributed by atoms with Crippen LogP contribution >= 0.6 is 0 Å². The van der Waals surface area contributed by atoms with Gasteiger partial charge in [-0.1, -0.05) is 6.42 Å². The molecule has 0 amide bonds. The van der Waals surface area contributed by atoms with Crippen LogP contribution < -0.4 is 5.32 Å². The summed E-state index contributed by atoms with van der Waals surface area (Å²) in [6.45, 7) is 6.36. The SMILES string of the molecule is CC(C)NC1(C(=O)O)CCC(N2CCCCC2)C1. The molecule has 2 unspecified atom stereocenters. The fraction of sp³-hybridized carbons (Fsp3) is 0.929. The second-order valence-corrected chi connectivity index (χ2v) is 6.18. The minimum atomic E-state index is -0.684. The van der Waals surface area contributed by atoms with E-state index in [1.165, 1.54) is 19.3 Å². The Kier molecular flexibility index (Phi) is 4.28. The molecule has 104 valence electrons. The molecule has 0 aromatic rings. The van der Waals surface area contributed by atoms with Gasteiger partial charge in [0, 0.05) is 12.1 Å². The summed E-state index contributed by atoms with van der Waals surface area (Å²) in [6, 6.07) is 0.689. The Balaban J connectivity index is 2.00. The summed E-state index contributed by atoms with van der Waals surface area (Å²) in [6.07, 6.45) is 6.42. The van der Waals surface area contributed by atoms with Crippen LogP contribution in [0.15, 0.2) is 0 Å². The van der Waals surface area contributed by atoms with Gasteiger partial charge in [-0.15, -0.1) is 0 Å². The number of carboxylic acid groups (broad SMARTS) is 1. The highest BCUT2D eigenvalue weighted by Crippen LogP contribution is 2.35. The molecule has 0 aromatic carbocycles. The van der Waals surface area contributed by atoms with E-state index in [0.29, 0.717) is 6.04 Å². The lowest BCUT2D eigenvalue weighted by Gasteiger charge is -2.34. The van der Waals surface area contributed by atoms with Crippen LogP contribution in [-0.2, 0) is 4.79 Å². The summed E-state index contributed by atoms with van der Waals surface area (Å²) < 4.78 is 0. The van der Waals surface area contributed by atoms with Crippen molar-refractivity contribution in [3.8, 4) is 0 Å². The zero-order valence-electron chi connectivity index (χ0n) is 11.6. The first-order chi connectivity index (χ1) is 8.53. The first-order valence-electron chi connectivity index (χ1n) is 7.29. The highest BCUT2D eigenvalue weighted by Gasteiger charge is 2.47. The summed E-state index contributed by atoms with van der Waals surface area (Å²) in [4.78, 5) is 14.1. The van der Waals surface area contributed by atoms with Crippen molar-refractivity contribution in [2.75, 3.05) is 13.1 Å². The minimum Gasteiger partial charge on any atom is -0.480 e. The second kappa shape index (κ2) is 5.57. The molecule has 1 aliphatic heterocycles. The number of hydrogen-bond acceptors (Lipinski definition) is 3. The fourth-order valence-corrected chi connectivity index (χ4v) is 3.55. The minimum absolute atomic E-state index is 0.223. The number of likely N-dealkylation sites (tertiary alicyclic amines) is 1. The van der Waals surface area contributed by atoms with E-state index in [2.05, 4.69) is 10.2 Å². The van der Waals surface area contributed by atoms with Gasteiger partial charge in [0.1, 0.15) is 5.54 Å². The third-order valence-electron chi connectivity index (χ3n) is 4.37. The van der Waals surface area contributed by atoms with E-state index in [1.807, 2.05) is 13.8 Å². The molecular weight excluding hydrogens is 228 g/mol. The standard InChI is InChI=1S/C14H26N2O2/c1-11(2)15-14(13(17)18)7-6-12(10-14)16-8-4-3-5-9-16/h11-12,15H,3-10H2,1-2H3,(H,17,18). The Morgan fingerprint density at radius 1 is 1.33 bits per heavy atom. The molecule has 1 saturated heterocycles. The normalized spacial score (nSPS) is 34.1. The van der Waals surface area contributed by atoms with E-state index in [0.717, 1.165) is 32.4 Å². The van der Waals surface area contributed by atoms with Gasteiger partial charge in [-0.25, -0.2) is 0 Å². The Hall–Kier alpha value is -0.610. The molecule has 2 aliphatic rings. The molecule has 0 radical (unpaired) electrons. The monoisotopic (exact) mass is 254 g/mol. The summed E-state index contributed by atoms with van der Waals surface area (Å²) >= 11 is 0. The number of carboxylic acids is 1. The smallest absolute Gasteiger partial charge is 0.323 e. The molecule has 4 nitrogen and oxygen atoms in total. The van der Waals surface area contributed by atoms with Crippen molar-refractivity contribution in [1.82, 2.24) is 10.2 Å². The van der Waals surface area contributed by atoms with Gasteiger partial charge in [0.05, 0.1) is 0 Å². The molecular formula is C14H26N2O2. The first-order valence-corrected chi connectivity index (χ1v) is 7.29. The number of piperidine rings is 1. The van der Waals surface area contributed by atoms with Gasteiger partial charge >= 0.3 is 5.97 Å². The highest BCUT2D eigenvalue weighted by atomic mass is 16.4. The number of rotatable bonds is 4. The molecule has 2 N–H and O–H groups in total. The zero-order chi connectivity index (χ0) is 13.2. The Labute approximate surface area is 110 Å². The van der Waals surface area contributed by atoms with Crippen LogP contribution in [0.3, 0.4) is 0 Å². The van der Waals surface area contributed by atoms with Crippen molar-refractivity contribution in [2.45, 2.75) is 70.0 Å². The molecule has 0 aromatic heterocycles. The molecule has 18 heavy (non-hydrogen) atoms. The number of nitrogens with one attached hydrogen (secondary N) is 1. The molecule has 4 heteroatoms. The molecule has 0 bridgehead atoms. The van der Waals surface area contributed by atoms with Gasteiger partial charge in [-0.3, -0.25) is 10.1 Å². The van der Waals surface area contributed by atoms with Gasteiger partial charge < -0.3 is 10.0 Å². The van der Waals surface area contributed by atoms with Crippen molar-refractivity contribution >= 4 is 5.97 Å². The van der Waals surface area contributed by atoms with Gasteiger partial charge in [0.25, 0.3) is 0 Å². The Morgan fingerprint density at radius 2 is 2.00 bits per heavy atom.